The molecule has 0 aliphatic heterocycles. The van der Waals surface area contributed by atoms with Crippen LogP contribution in [0.4, 0.5) is 4.39 Å². The van der Waals surface area contributed by atoms with E-state index >= 15 is 0 Å². The van der Waals surface area contributed by atoms with E-state index in [9.17, 15) is 14.3 Å². The van der Waals surface area contributed by atoms with Crippen molar-refractivity contribution in [1.29, 1.82) is 0 Å². The molecular formula is C23H21ClFN5O3S. The number of aromatic nitrogens is 5. The molecule has 0 amide bonds. The first-order valence-electron chi connectivity index (χ1n) is 10.2. The van der Waals surface area contributed by atoms with Crippen LogP contribution in [0.3, 0.4) is 0 Å². The van der Waals surface area contributed by atoms with Gasteiger partial charge in [0.25, 0.3) is 5.56 Å². The van der Waals surface area contributed by atoms with E-state index < -0.39 is 17.0 Å². The third kappa shape index (κ3) is 4.84. The summed E-state index contributed by atoms with van der Waals surface area (Å²) in [5.41, 5.74) is -0.359. The van der Waals surface area contributed by atoms with Crippen molar-refractivity contribution in [3.8, 4) is 22.8 Å². The number of nitrogens with zero attached hydrogens (tertiary/aromatic N) is 5. The Labute approximate surface area is 203 Å². The van der Waals surface area contributed by atoms with Crippen LogP contribution in [-0.4, -0.2) is 29.6 Å². The lowest BCUT2D eigenvalue weighted by Crippen LogP contribution is -2.23. The normalized spacial score (nSPS) is 11.6. The second kappa shape index (κ2) is 9.21. The molecule has 3 aromatic heterocycles. The van der Waals surface area contributed by atoms with Crippen LogP contribution < -0.4 is 10.3 Å². The number of aliphatic hydroxyl groups is 1. The summed E-state index contributed by atoms with van der Waals surface area (Å²) in [7, 11) is 0. The SMILES string of the molecule is Cc1nc(COc2nc(C)n(-c3cccc(-c4nc(C(C)(C)O)ncc4F)c3)c(=O)c2Cl)cs1. The summed E-state index contributed by atoms with van der Waals surface area (Å²) in [6.45, 7) is 6.68. The fraction of sp³-hybridized carbons (Fsp3) is 0.261. The minimum absolute atomic E-state index is 0.00255. The maximum atomic E-state index is 14.5. The van der Waals surface area contributed by atoms with Crippen LogP contribution in [0.2, 0.25) is 5.02 Å². The zero-order valence-electron chi connectivity index (χ0n) is 18.8. The third-order valence-corrected chi connectivity index (χ3v) is 6.00. The predicted octanol–water partition coefficient (Wildman–Crippen LogP) is 4.36. The fourth-order valence-corrected chi connectivity index (χ4v) is 4.03. The smallest absolute Gasteiger partial charge is 0.280 e. The monoisotopic (exact) mass is 501 g/mol. The molecule has 176 valence electrons. The molecule has 3 heterocycles. The minimum Gasteiger partial charge on any atom is -0.470 e. The van der Waals surface area contributed by atoms with Gasteiger partial charge in [-0.2, -0.15) is 4.98 Å². The van der Waals surface area contributed by atoms with Gasteiger partial charge in [0.1, 0.15) is 23.7 Å². The van der Waals surface area contributed by atoms with Gasteiger partial charge in [-0.1, -0.05) is 23.7 Å². The number of hydrogen-bond donors (Lipinski definition) is 1. The first kappa shape index (κ1) is 23.9. The Balaban J connectivity index is 1.72. The van der Waals surface area contributed by atoms with Crippen molar-refractivity contribution in [2.75, 3.05) is 0 Å². The van der Waals surface area contributed by atoms with Gasteiger partial charge in [0, 0.05) is 10.9 Å². The lowest BCUT2D eigenvalue weighted by Gasteiger charge is -2.17. The van der Waals surface area contributed by atoms with E-state index in [0.29, 0.717) is 22.8 Å². The molecule has 34 heavy (non-hydrogen) atoms. The van der Waals surface area contributed by atoms with Gasteiger partial charge in [-0.3, -0.25) is 9.36 Å². The molecule has 0 fully saturated rings. The van der Waals surface area contributed by atoms with Gasteiger partial charge in [-0.15, -0.1) is 11.3 Å². The molecule has 1 aromatic carbocycles. The summed E-state index contributed by atoms with van der Waals surface area (Å²) in [6.07, 6.45) is 1.01. The highest BCUT2D eigenvalue weighted by molar-refractivity contribution is 7.09. The van der Waals surface area contributed by atoms with E-state index in [2.05, 4.69) is 19.9 Å². The second-order valence-electron chi connectivity index (χ2n) is 8.06. The van der Waals surface area contributed by atoms with Crippen molar-refractivity contribution in [2.24, 2.45) is 0 Å². The van der Waals surface area contributed by atoms with Crippen molar-refractivity contribution in [3.05, 3.63) is 79.4 Å². The summed E-state index contributed by atoms with van der Waals surface area (Å²) in [4.78, 5) is 29.8. The molecule has 1 N–H and O–H groups in total. The van der Waals surface area contributed by atoms with Crippen LogP contribution in [0.1, 0.15) is 36.2 Å². The third-order valence-electron chi connectivity index (χ3n) is 4.86. The Morgan fingerprint density at radius 2 is 2.00 bits per heavy atom. The van der Waals surface area contributed by atoms with E-state index in [1.165, 1.54) is 29.8 Å². The molecule has 4 rings (SSSR count). The number of benzene rings is 1. The van der Waals surface area contributed by atoms with Crippen molar-refractivity contribution in [1.82, 2.24) is 24.5 Å². The average Bonchev–Trinajstić information content (AvgIpc) is 3.20. The molecule has 0 saturated carbocycles. The number of rotatable bonds is 6. The average molecular weight is 502 g/mol. The largest absolute Gasteiger partial charge is 0.470 e. The standard InChI is InChI=1S/C23H21ClFN5O3S/c1-12-27-20(33-10-15-11-34-13(2)28-15)18(24)21(31)30(12)16-7-5-6-14(8-16)19-17(25)9-26-22(29-19)23(3,4)32/h5-9,11,32H,10H2,1-4H3. The lowest BCUT2D eigenvalue weighted by molar-refractivity contribution is 0.0686. The van der Waals surface area contributed by atoms with Gasteiger partial charge in [-0.05, 0) is 39.8 Å². The Morgan fingerprint density at radius 1 is 1.24 bits per heavy atom. The molecular weight excluding hydrogens is 481 g/mol. The van der Waals surface area contributed by atoms with Crippen molar-refractivity contribution < 1.29 is 14.2 Å². The molecule has 0 atom stereocenters. The molecule has 0 radical (unpaired) electrons. The Bertz CT molecular complexity index is 1430. The molecule has 0 aliphatic carbocycles. The van der Waals surface area contributed by atoms with Crippen LogP contribution in [0, 0.1) is 19.7 Å². The number of ether oxygens (including phenoxy) is 1. The van der Waals surface area contributed by atoms with Gasteiger partial charge in [0.05, 0.1) is 22.6 Å². The highest BCUT2D eigenvalue weighted by Crippen LogP contribution is 2.27. The zero-order chi connectivity index (χ0) is 24.6. The van der Waals surface area contributed by atoms with Crippen LogP contribution in [0.25, 0.3) is 16.9 Å². The molecule has 0 unspecified atom stereocenters. The van der Waals surface area contributed by atoms with Gasteiger partial charge in [0.2, 0.25) is 5.88 Å². The Hall–Kier alpha value is -3.21. The Kier molecular flexibility index (Phi) is 6.48. The number of halogens is 2. The molecule has 0 bridgehead atoms. The van der Waals surface area contributed by atoms with Crippen molar-refractivity contribution in [2.45, 2.75) is 39.9 Å². The van der Waals surface area contributed by atoms with E-state index in [1.807, 2.05) is 12.3 Å². The van der Waals surface area contributed by atoms with E-state index in [-0.39, 0.29) is 29.0 Å². The van der Waals surface area contributed by atoms with E-state index in [4.69, 9.17) is 16.3 Å². The first-order chi connectivity index (χ1) is 16.0. The van der Waals surface area contributed by atoms with Crippen LogP contribution in [0.5, 0.6) is 5.88 Å². The van der Waals surface area contributed by atoms with Crippen LogP contribution in [-0.2, 0) is 12.2 Å². The van der Waals surface area contributed by atoms with Gasteiger partial charge < -0.3 is 9.84 Å². The first-order valence-corrected chi connectivity index (χ1v) is 11.5. The summed E-state index contributed by atoms with van der Waals surface area (Å²) >= 11 is 7.79. The number of aryl methyl sites for hydroxylation is 2. The minimum atomic E-state index is -1.35. The summed E-state index contributed by atoms with van der Waals surface area (Å²) < 4.78 is 21.5. The lowest BCUT2D eigenvalue weighted by atomic mass is 10.1. The molecule has 0 aliphatic rings. The van der Waals surface area contributed by atoms with E-state index in [0.717, 1.165) is 11.2 Å². The predicted molar refractivity (Wildman–Crippen MR) is 127 cm³/mol. The quantitative estimate of drug-likeness (QED) is 0.418. The topological polar surface area (TPSA) is 103 Å². The van der Waals surface area contributed by atoms with Crippen LogP contribution in [0.15, 0.2) is 40.6 Å². The van der Waals surface area contributed by atoms with Crippen molar-refractivity contribution in [3.63, 3.8) is 0 Å². The zero-order valence-corrected chi connectivity index (χ0v) is 20.4. The highest BCUT2D eigenvalue weighted by atomic mass is 35.5. The van der Waals surface area contributed by atoms with Gasteiger partial charge >= 0.3 is 0 Å². The van der Waals surface area contributed by atoms with Gasteiger partial charge in [-0.25, -0.2) is 19.3 Å². The molecule has 11 heteroatoms. The highest BCUT2D eigenvalue weighted by Gasteiger charge is 2.22. The molecule has 8 nitrogen and oxygen atoms in total. The van der Waals surface area contributed by atoms with Crippen molar-refractivity contribution >= 4 is 22.9 Å². The molecule has 0 spiro atoms. The summed E-state index contributed by atoms with van der Waals surface area (Å²) in [5, 5.41) is 12.8. The second-order valence-corrected chi connectivity index (χ2v) is 9.50. The van der Waals surface area contributed by atoms with E-state index in [1.54, 1.807) is 31.2 Å². The molecule has 4 aromatic rings. The Morgan fingerprint density at radius 3 is 2.68 bits per heavy atom. The fourth-order valence-electron chi connectivity index (χ4n) is 3.26. The number of thiazole rings is 1. The molecule has 0 saturated heterocycles. The maximum absolute atomic E-state index is 14.5. The maximum Gasteiger partial charge on any atom is 0.280 e. The number of hydrogen-bond acceptors (Lipinski definition) is 8. The summed E-state index contributed by atoms with van der Waals surface area (Å²) in [6, 6.07) is 6.56. The summed E-state index contributed by atoms with van der Waals surface area (Å²) in [5.74, 6) is -0.245. The van der Waals surface area contributed by atoms with Crippen LogP contribution >= 0.6 is 22.9 Å². The van der Waals surface area contributed by atoms with Gasteiger partial charge in [0.15, 0.2) is 16.7 Å².